The lowest BCUT2D eigenvalue weighted by atomic mass is 9.83. The van der Waals surface area contributed by atoms with Crippen molar-refractivity contribution in [1.82, 2.24) is 51.5 Å². The van der Waals surface area contributed by atoms with E-state index in [1.807, 2.05) is 39.8 Å². The fourth-order valence-corrected chi connectivity index (χ4v) is 13.5. The molecule has 0 spiro atoms. The van der Waals surface area contributed by atoms with E-state index >= 15 is 0 Å². The van der Waals surface area contributed by atoms with Crippen molar-refractivity contribution in [3.05, 3.63) is 71.8 Å². The number of carbonyl (C=O) groups excluding carboxylic acids is 8. The number of benzene rings is 2. The number of fused-ring (bicyclic) bond motifs is 2. The molecule has 5 aliphatic rings. The normalized spacial score (nSPS) is 26.9. The van der Waals surface area contributed by atoms with Crippen molar-refractivity contribution < 1.29 is 38.4 Å². The molecule has 8 amide bonds. The molecule has 0 bridgehead atoms. The molecule has 5 heterocycles. The maximum atomic E-state index is 14.7. The Labute approximate surface area is 419 Å². The summed E-state index contributed by atoms with van der Waals surface area (Å²) in [5.41, 5.74) is -0.212. The molecule has 20 heteroatoms. The zero-order valence-corrected chi connectivity index (χ0v) is 43.1. The number of amides is 8. The third kappa shape index (κ3) is 11.1. The highest BCUT2D eigenvalue weighted by Gasteiger charge is 2.56. The Bertz CT molecular complexity index is 2120. The predicted molar refractivity (Wildman–Crippen MR) is 269 cm³/mol. The highest BCUT2D eigenvalue weighted by atomic mass is 32.2. The Hall–Kier alpha value is -5.18. The second-order valence-corrected chi connectivity index (χ2v) is 23.0. The summed E-state index contributed by atoms with van der Waals surface area (Å²) >= 11 is 3.18. The molecule has 0 unspecified atom stereocenters. The van der Waals surface area contributed by atoms with Gasteiger partial charge in [0.15, 0.2) is 0 Å². The highest BCUT2D eigenvalue weighted by Crippen LogP contribution is 2.48. The maximum absolute atomic E-state index is 14.7. The van der Waals surface area contributed by atoms with Gasteiger partial charge in [-0.25, -0.2) is 0 Å². The number of thioether (sulfide) groups is 2. The smallest absolute Gasteiger partial charge is 0.249 e. The van der Waals surface area contributed by atoms with E-state index in [1.165, 1.54) is 0 Å². The van der Waals surface area contributed by atoms with Crippen molar-refractivity contribution in [3.63, 3.8) is 0 Å². The first-order valence-electron chi connectivity index (χ1n) is 24.4. The largest absolute Gasteiger partial charge is 0.343 e. The molecular weight excluding hydrogens is 933 g/mol. The summed E-state index contributed by atoms with van der Waals surface area (Å²) in [6.45, 7) is 11.8. The van der Waals surface area contributed by atoms with E-state index in [-0.39, 0.29) is 72.4 Å². The first-order valence-corrected chi connectivity index (χ1v) is 26.5. The van der Waals surface area contributed by atoms with Crippen molar-refractivity contribution in [2.24, 2.45) is 10.8 Å². The van der Waals surface area contributed by atoms with Crippen LogP contribution < -0.4 is 31.9 Å². The molecule has 6 N–H and O–H groups in total. The number of piperazine rings is 1. The minimum absolute atomic E-state index is 0.139. The van der Waals surface area contributed by atoms with Crippen LogP contribution in [0.3, 0.4) is 0 Å². The zero-order chi connectivity index (χ0) is 50.7. The standard InChI is InChI=1S/C50H70N10O8S2/c1-29(51-7)41(61)53-33-19-25-69-35-27-49(3,4)39(59(35)45(33)65)43(63)55-37(31-15-11-9-12-16-31)47(67)57-21-23-58(24-22-57)48(68)38(32-17-13-10-14-18-32)56-44(64)40-50(5,6)28-36-60(40)46(66)34(20-26-70-36)54-42(62)30(2)52-8/h9-18,29-30,33-40,51-52H,19-28H2,1-8H3,(H,53,61)(H,54,62)(H,55,63)(H,56,64)/t29-,30-,33-,34-,35-,36-,37-,38-,39+,40+/m0/s1. The highest BCUT2D eigenvalue weighted by molar-refractivity contribution is 8.00. The predicted octanol–water partition coefficient (Wildman–Crippen LogP) is 1.74. The van der Waals surface area contributed by atoms with Crippen LogP contribution in [0.5, 0.6) is 0 Å². The third-order valence-corrected chi connectivity index (χ3v) is 17.1. The summed E-state index contributed by atoms with van der Waals surface area (Å²) in [7, 11) is 3.34. The van der Waals surface area contributed by atoms with Crippen LogP contribution >= 0.6 is 23.5 Å². The average Bonchev–Trinajstić information content (AvgIpc) is 3.67. The van der Waals surface area contributed by atoms with Crippen molar-refractivity contribution in [2.45, 2.75) is 126 Å². The number of nitrogens with one attached hydrogen (secondary N) is 6. The molecular formula is C50H70N10O8S2. The van der Waals surface area contributed by atoms with Crippen molar-refractivity contribution in [2.75, 3.05) is 51.8 Å². The molecule has 0 radical (unpaired) electrons. The van der Waals surface area contributed by atoms with Gasteiger partial charge in [-0.15, -0.1) is 23.5 Å². The van der Waals surface area contributed by atoms with E-state index in [4.69, 9.17) is 0 Å². The summed E-state index contributed by atoms with van der Waals surface area (Å²) in [6, 6.07) is 11.1. The van der Waals surface area contributed by atoms with Crippen LogP contribution in [-0.4, -0.2) is 166 Å². The number of carbonyl (C=O) groups is 8. The van der Waals surface area contributed by atoms with Gasteiger partial charge < -0.3 is 51.5 Å². The second-order valence-electron chi connectivity index (χ2n) is 20.4. The summed E-state index contributed by atoms with van der Waals surface area (Å²) in [4.78, 5) is 120. The number of likely N-dealkylation sites (N-methyl/N-ethyl adjacent to an activating group) is 2. The molecule has 0 aromatic heterocycles. The van der Waals surface area contributed by atoms with Crippen molar-refractivity contribution >= 4 is 70.8 Å². The van der Waals surface area contributed by atoms with Crippen LogP contribution in [0, 0.1) is 10.8 Å². The Balaban J connectivity index is 1.06. The minimum Gasteiger partial charge on any atom is -0.343 e. The van der Waals surface area contributed by atoms with E-state index in [9.17, 15) is 38.4 Å². The van der Waals surface area contributed by atoms with Gasteiger partial charge >= 0.3 is 0 Å². The summed E-state index contributed by atoms with van der Waals surface area (Å²) in [5.74, 6) is -1.74. The lowest BCUT2D eigenvalue weighted by Gasteiger charge is -2.39. The van der Waals surface area contributed by atoms with Gasteiger partial charge in [0.25, 0.3) is 0 Å². The first-order chi connectivity index (χ1) is 33.3. The van der Waals surface area contributed by atoms with Crippen LogP contribution in [0.4, 0.5) is 0 Å². The molecule has 380 valence electrons. The lowest BCUT2D eigenvalue weighted by molar-refractivity contribution is -0.147. The van der Waals surface area contributed by atoms with E-state index < -0.39 is 71.0 Å². The van der Waals surface area contributed by atoms with E-state index in [0.717, 1.165) is 0 Å². The summed E-state index contributed by atoms with van der Waals surface area (Å²) < 4.78 is 0. The molecule has 0 aliphatic carbocycles. The van der Waals surface area contributed by atoms with Crippen LogP contribution in [0.15, 0.2) is 60.7 Å². The van der Waals surface area contributed by atoms with Crippen molar-refractivity contribution in [1.29, 1.82) is 0 Å². The first kappa shape index (κ1) is 52.6. The van der Waals surface area contributed by atoms with Crippen LogP contribution in [0.1, 0.15) is 90.4 Å². The van der Waals surface area contributed by atoms with Gasteiger partial charge in [-0.05, 0) is 87.1 Å². The Morgan fingerprint density at radius 2 is 0.914 bits per heavy atom. The van der Waals surface area contributed by atoms with Crippen LogP contribution in [-0.2, 0) is 38.4 Å². The Morgan fingerprint density at radius 1 is 0.571 bits per heavy atom. The molecule has 10 atom stereocenters. The van der Waals surface area contributed by atoms with Gasteiger partial charge in [0.1, 0.15) is 36.3 Å². The van der Waals surface area contributed by atoms with E-state index in [2.05, 4.69) is 31.9 Å². The van der Waals surface area contributed by atoms with E-state index in [0.29, 0.717) is 48.3 Å². The zero-order valence-electron chi connectivity index (χ0n) is 41.5. The topological polar surface area (TPSA) is 222 Å². The number of rotatable bonds is 14. The molecule has 2 aromatic carbocycles. The molecule has 5 fully saturated rings. The number of hydrogen-bond acceptors (Lipinski definition) is 12. The maximum Gasteiger partial charge on any atom is 0.249 e. The molecule has 5 saturated heterocycles. The van der Waals surface area contributed by atoms with E-state index in [1.54, 1.807) is 120 Å². The molecule has 2 aromatic rings. The summed E-state index contributed by atoms with van der Waals surface area (Å²) in [6.07, 6.45) is 1.93. The molecule has 5 aliphatic heterocycles. The monoisotopic (exact) mass is 1000 g/mol. The quantitative estimate of drug-likeness (QED) is 0.160. The molecule has 18 nitrogen and oxygen atoms in total. The fraction of sp³-hybridized carbons (Fsp3) is 0.600. The second kappa shape index (κ2) is 22.1. The molecule has 7 rings (SSSR count). The number of hydrogen-bond donors (Lipinski definition) is 6. The number of nitrogens with zero attached hydrogens (tertiary/aromatic N) is 4. The fourth-order valence-electron chi connectivity index (χ4n) is 10.4. The lowest BCUT2D eigenvalue weighted by Crippen LogP contribution is -2.60. The van der Waals surface area contributed by atoms with Crippen LogP contribution in [0.2, 0.25) is 0 Å². The average molecular weight is 1000 g/mol. The summed E-state index contributed by atoms with van der Waals surface area (Å²) in [5, 5.41) is 17.1. The van der Waals surface area contributed by atoms with Gasteiger partial charge in [-0.1, -0.05) is 88.4 Å². The molecule has 70 heavy (non-hydrogen) atoms. The van der Waals surface area contributed by atoms with Crippen LogP contribution in [0.25, 0.3) is 0 Å². The van der Waals surface area contributed by atoms with Gasteiger partial charge in [0, 0.05) is 26.2 Å². The van der Waals surface area contributed by atoms with Crippen molar-refractivity contribution in [3.8, 4) is 0 Å². The Morgan fingerprint density at radius 3 is 1.24 bits per heavy atom. The molecule has 0 saturated carbocycles. The Kier molecular flexibility index (Phi) is 16.6. The van der Waals surface area contributed by atoms with Gasteiger partial charge in [0.05, 0.1) is 22.8 Å². The van der Waals surface area contributed by atoms with Gasteiger partial charge in [-0.3, -0.25) is 38.4 Å². The SMILES string of the molecule is CN[C@@H](C)C(=O)N[C@H]1CCS[C@H]2CC(C)(C)[C@@H](C(=O)N[C@H](C(=O)N3CCN(C(=O)[C@@H](NC(=O)[C@H]4N5C(=O)[C@@H](NC(=O)[C@H](C)NC)CCS[C@H]5CC4(C)C)c4ccccc4)CC3)c3ccccc3)N2C1=O. The van der Waals surface area contributed by atoms with Gasteiger partial charge in [0.2, 0.25) is 47.3 Å². The van der Waals surface area contributed by atoms with Gasteiger partial charge in [-0.2, -0.15) is 0 Å². The minimum atomic E-state index is -1.11. The third-order valence-electron chi connectivity index (χ3n) is 14.6.